The standard InChI is InChI=1S/C21H34N4O2/c1-3-13-27-19-9-5-7-17(14-19)10-11-24-21(23-4-2)25-12-6-8-18(16-25)15-20(22)26/h5,7,9,14,18H,3-4,6,8,10-13,15-16H2,1-2H3,(H2,22,26)(H,23,24). The van der Waals surface area contributed by atoms with Crippen LogP contribution in [0.15, 0.2) is 29.3 Å². The van der Waals surface area contributed by atoms with Crippen LogP contribution in [-0.4, -0.2) is 49.6 Å². The van der Waals surface area contributed by atoms with E-state index in [4.69, 9.17) is 15.5 Å². The molecule has 0 radical (unpaired) electrons. The van der Waals surface area contributed by atoms with Crippen molar-refractivity contribution in [2.24, 2.45) is 16.6 Å². The molecule has 1 heterocycles. The summed E-state index contributed by atoms with van der Waals surface area (Å²) in [5.74, 6) is 1.97. The first-order valence-electron chi connectivity index (χ1n) is 10.2. The molecule has 1 aliphatic rings. The zero-order valence-electron chi connectivity index (χ0n) is 16.7. The summed E-state index contributed by atoms with van der Waals surface area (Å²) in [5.41, 5.74) is 6.61. The lowest BCUT2D eigenvalue weighted by Gasteiger charge is -2.34. The fourth-order valence-corrected chi connectivity index (χ4v) is 3.44. The highest BCUT2D eigenvalue weighted by Crippen LogP contribution is 2.19. The SMILES string of the molecule is CCCOc1cccc(CCN=C(NCC)N2CCCC(CC(N)=O)C2)c1. The summed E-state index contributed by atoms with van der Waals surface area (Å²) in [6, 6.07) is 8.25. The number of rotatable bonds is 9. The number of nitrogens with two attached hydrogens (primary N) is 1. The minimum absolute atomic E-state index is 0.214. The van der Waals surface area contributed by atoms with Crippen LogP contribution < -0.4 is 15.8 Å². The average Bonchev–Trinajstić information content (AvgIpc) is 2.66. The van der Waals surface area contributed by atoms with Crippen LogP contribution in [0.2, 0.25) is 0 Å². The topological polar surface area (TPSA) is 79.9 Å². The molecule has 1 amide bonds. The largest absolute Gasteiger partial charge is 0.494 e. The van der Waals surface area contributed by atoms with Crippen molar-refractivity contribution in [3.63, 3.8) is 0 Å². The molecule has 1 fully saturated rings. The summed E-state index contributed by atoms with van der Waals surface area (Å²) in [5, 5.41) is 3.39. The van der Waals surface area contributed by atoms with E-state index in [1.165, 1.54) is 5.56 Å². The molecule has 2 rings (SSSR count). The third-order valence-electron chi connectivity index (χ3n) is 4.68. The van der Waals surface area contributed by atoms with E-state index in [1.54, 1.807) is 0 Å². The van der Waals surface area contributed by atoms with E-state index in [0.717, 1.165) is 70.2 Å². The number of nitrogens with zero attached hydrogens (tertiary/aromatic N) is 2. The van der Waals surface area contributed by atoms with Crippen LogP contribution in [0.5, 0.6) is 5.75 Å². The fourth-order valence-electron chi connectivity index (χ4n) is 3.44. The van der Waals surface area contributed by atoms with Gasteiger partial charge in [0.05, 0.1) is 6.61 Å². The van der Waals surface area contributed by atoms with Gasteiger partial charge in [-0.25, -0.2) is 0 Å². The molecule has 0 aromatic heterocycles. The van der Waals surface area contributed by atoms with Crippen LogP contribution in [-0.2, 0) is 11.2 Å². The Morgan fingerprint density at radius 3 is 3.00 bits per heavy atom. The summed E-state index contributed by atoms with van der Waals surface area (Å²) in [6.45, 7) is 8.29. The lowest BCUT2D eigenvalue weighted by Crippen LogP contribution is -2.47. The van der Waals surface area contributed by atoms with Gasteiger partial charge in [-0.1, -0.05) is 19.1 Å². The average molecular weight is 375 g/mol. The predicted octanol–water partition coefficient (Wildman–Crippen LogP) is 2.57. The normalized spacial score (nSPS) is 17.6. The number of amides is 1. The Labute approximate surface area is 163 Å². The molecule has 0 bridgehead atoms. The van der Waals surface area contributed by atoms with Gasteiger partial charge in [-0.05, 0) is 56.2 Å². The van der Waals surface area contributed by atoms with E-state index in [2.05, 4.69) is 36.2 Å². The molecule has 150 valence electrons. The van der Waals surface area contributed by atoms with Gasteiger partial charge in [0, 0.05) is 32.6 Å². The van der Waals surface area contributed by atoms with Crippen LogP contribution in [0.1, 0.15) is 45.1 Å². The molecule has 27 heavy (non-hydrogen) atoms. The zero-order valence-corrected chi connectivity index (χ0v) is 16.7. The minimum atomic E-state index is -0.214. The van der Waals surface area contributed by atoms with Crippen molar-refractivity contribution >= 4 is 11.9 Å². The molecule has 1 aromatic rings. The predicted molar refractivity (Wildman–Crippen MR) is 110 cm³/mol. The summed E-state index contributed by atoms with van der Waals surface area (Å²) < 4.78 is 5.71. The molecule has 1 aromatic carbocycles. The number of hydrogen-bond acceptors (Lipinski definition) is 3. The number of likely N-dealkylation sites (tertiary alicyclic amines) is 1. The van der Waals surface area contributed by atoms with Gasteiger partial charge in [0.25, 0.3) is 0 Å². The highest BCUT2D eigenvalue weighted by molar-refractivity contribution is 5.80. The van der Waals surface area contributed by atoms with Crippen LogP contribution in [0.3, 0.4) is 0 Å². The first-order valence-corrected chi connectivity index (χ1v) is 10.2. The minimum Gasteiger partial charge on any atom is -0.494 e. The maximum Gasteiger partial charge on any atom is 0.217 e. The molecule has 0 spiro atoms. The number of primary amides is 1. The van der Waals surface area contributed by atoms with Gasteiger partial charge in [-0.15, -0.1) is 0 Å². The van der Waals surface area contributed by atoms with Gasteiger partial charge >= 0.3 is 0 Å². The smallest absolute Gasteiger partial charge is 0.217 e. The Balaban J connectivity index is 1.93. The second-order valence-electron chi connectivity index (χ2n) is 7.11. The molecule has 0 saturated carbocycles. The third kappa shape index (κ3) is 7.49. The van der Waals surface area contributed by atoms with Gasteiger partial charge in [0.2, 0.25) is 5.91 Å². The Hall–Kier alpha value is -2.24. The Morgan fingerprint density at radius 2 is 2.26 bits per heavy atom. The second kappa shape index (κ2) is 11.5. The van der Waals surface area contributed by atoms with E-state index in [1.807, 2.05) is 12.1 Å². The van der Waals surface area contributed by atoms with Crippen LogP contribution >= 0.6 is 0 Å². The van der Waals surface area contributed by atoms with Gasteiger partial charge < -0.3 is 20.7 Å². The number of nitrogens with one attached hydrogen (secondary N) is 1. The molecule has 1 aliphatic heterocycles. The molecule has 1 unspecified atom stereocenters. The van der Waals surface area contributed by atoms with E-state index in [0.29, 0.717) is 12.3 Å². The number of carbonyl (C=O) groups excluding carboxylic acids is 1. The molecular weight excluding hydrogens is 340 g/mol. The lowest BCUT2D eigenvalue weighted by molar-refractivity contribution is -0.119. The van der Waals surface area contributed by atoms with Crippen molar-refractivity contribution in [2.45, 2.75) is 46.0 Å². The molecule has 1 atom stereocenters. The molecule has 0 aliphatic carbocycles. The highest BCUT2D eigenvalue weighted by Gasteiger charge is 2.23. The van der Waals surface area contributed by atoms with Crippen molar-refractivity contribution in [2.75, 3.05) is 32.8 Å². The Kier molecular flexibility index (Phi) is 8.95. The van der Waals surface area contributed by atoms with Crippen molar-refractivity contribution in [1.29, 1.82) is 0 Å². The molecule has 6 nitrogen and oxygen atoms in total. The number of hydrogen-bond donors (Lipinski definition) is 2. The van der Waals surface area contributed by atoms with Gasteiger partial charge in [-0.2, -0.15) is 0 Å². The van der Waals surface area contributed by atoms with Crippen molar-refractivity contribution in [3.05, 3.63) is 29.8 Å². The van der Waals surface area contributed by atoms with Crippen molar-refractivity contribution < 1.29 is 9.53 Å². The van der Waals surface area contributed by atoms with E-state index < -0.39 is 0 Å². The molecule has 1 saturated heterocycles. The summed E-state index contributed by atoms with van der Waals surface area (Å²) >= 11 is 0. The lowest BCUT2D eigenvalue weighted by atomic mass is 9.95. The molecule has 6 heteroatoms. The van der Waals surface area contributed by atoms with E-state index in [-0.39, 0.29) is 5.91 Å². The number of piperidine rings is 1. The third-order valence-corrected chi connectivity index (χ3v) is 4.68. The number of aliphatic imine (C=N–C) groups is 1. The van der Waals surface area contributed by atoms with Crippen LogP contribution in [0.4, 0.5) is 0 Å². The van der Waals surface area contributed by atoms with Crippen molar-refractivity contribution in [3.8, 4) is 5.75 Å². The monoisotopic (exact) mass is 374 g/mol. The first kappa shape index (κ1) is 21.1. The summed E-state index contributed by atoms with van der Waals surface area (Å²) in [6.07, 6.45) is 4.47. The number of carbonyl (C=O) groups is 1. The zero-order chi connectivity index (χ0) is 19.5. The molecule has 3 N–H and O–H groups in total. The number of guanidine groups is 1. The summed E-state index contributed by atoms with van der Waals surface area (Å²) in [4.78, 5) is 18.3. The van der Waals surface area contributed by atoms with E-state index in [9.17, 15) is 4.79 Å². The molecular formula is C21H34N4O2. The van der Waals surface area contributed by atoms with Gasteiger partial charge in [0.15, 0.2) is 5.96 Å². The number of benzene rings is 1. The second-order valence-corrected chi connectivity index (χ2v) is 7.11. The first-order chi connectivity index (χ1) is 13.1. The fraction of sp³-hybridized carbons (Fsp3) is 0.619. The van der Waals surface area contributed by atoms with Gasteiger partial charge in [0.1, 0.15) is 5.75 Å². The number of ether oxygens (including phenoxy) is 1. The Morgan fingerprint density at radius 1 is 1.41 bits per heavy atom. The quantitative estimate of drug-likeness (QED) is 0.514. The van der Waals surface area contributed by atoms with Crippen LogP contribution in [0, 0.1) is 5.92 Å². The highest BCUT2D eigenvalue weighted by atomic mass is 16.5. The van der Waals surface area contributed by atoms with E-state index >= 15 is 0 Å². The van der Waals surface area contributed by atoms with Crippen LogP contribution in [0.25, 0.3) is 0 Å². The maximum absolute atomic E-state index is 11.2. The summed E-state index contributed by atoms with van der Waals surface area (Å²) in [7, 11) is 0. The Bertz CT molecular complexity index is 618. The van der Waals surface area contributed by atoms with Gasteiger partial charge in [-0.3, -0.25) is 9.79 Å². The van der Waals surface area contributed by atoms with Crippen molar-refractivity contribution in [1.82, 2.24) is 10.2 Å². The maximum atomic E-state index is 11.2.